The lowest BCUT2D eigenvalue weighted by Crippen LogP contribution is -2.37. The summed E-state index contributed by atoms with van der Waals surface area (Å²) in [5.74, 6) is -4.18. The first-order valence-electron chi connectivity index (χ1n) is 20.3. The molecule has 0 bridgehead atoms. The van der Waals surface area contributed by atoms with Crippen LogP contribution >= 0.6 is 0 Å². The van der Waals surface area contributed by atoms with Gasteiger partial charge in [-0.25, -0.2) is 18.4 Å². The SMILES string of the molecule is C=CC(=O)OCCON(COc1ccccc1)C(=O)c1ccc(C2(c3ccc(C(=O)N(COc4ccccc4)OCCOC(=O)C=C)c(F)c3)c3ccccc3-c3ccccc32)cc1F. The number of halogens is 2. The van der Waals surface area contributed by atoms with Crippen molar-refractivity contribution in [3.05, 3.63) is 216 Å². The largest absolute Gasteiger partial charge is 0.471 e. The number of para-hydroxylation sites is 2. The van der Waals surface area contributed by atoms with Crippen molar-refractivity contribution in [2.45, 2.75) is 5.41 Å². The third-order valence-electron chi connectivity index (χ3n) is 10.3. The zero-order valence-corrected chi connectivity index (χ0v) is 34.9. The second-order valence-electron chi connectivity index (χ2n) is 14.2. The zero-order chi connectivity index (χ0) is 45.8. The standard InChI is InChI=1S/C51H42F2N2O10/c1-3-47(56)60-27-29-64-54(33-62-37-15-7-5-8-16-37)49(58)41-25-23-35(31-45(41)52)51(43-21-13-11-19-39(43)40-20-12-14-22-44(40)51)36-24-26-42(46(53)32-36)50(59)55(65-30-28-61-48(57)4-2)34-63-38-17-9-6-10-18-38/h3-26,31-32H,1-2,27-30,33-34H2. The molecule has 0 heterocycles. The Kier molecular flexibility index (Phi) is 14.5. The molecule has 65 heavy (non-hydrogen) atoms. The second-order valence-corrected chi connectivity index (χ2v) is 14.2. The van der Waals surface area contributed by atoms with E-state index in [1.165, 1.54) is 24.3 Å². The van der Waals surface area contributed by atoms with Gasteiger partial charge in [0.1, 0.15) is 49.6 Å². The summed E-state index contributed by atoms with van der Waals surface area (Å²) in [4.78, 5) is 62.6. The number of hydrogen-bond donors (Lipinski definition) is 0. The minimum atomic E-state index is -1.36. The number of hydrogen-bond acceptors (Lipinski definition) is 10. The van der Waals surface area contributed by atoms with E-state index in [9.17, 15) is 19.2 Å². The number of hydroxylamine groups is 4. The lowest BCUT2D eigenvalue weighted by atomic mass is 9.67. The number of benzene rings is 6. The van der Waals surface area contributed by atoms with E-state index < -0.39 is 54.3 Å². The predicted octanol–water partition coefficient (Wildman–Crippen LogP) is 8.61. The van der Waals surface area contributed by atoms with Crippen molar-refractivity contribution in [1.29, 1.82) is 0 Å². The molecule has 7 rings (SSSR count). The topological polar surface area (TPSA) is 130 Å². The van der Waals surface area contributed by atoms with Gasteiger partial charge in [0.25, 0.3) is 11.8 Å². The molecule has 0 N–H and O–H groups in total. The lowest BCUT2D eigenvalue weighted by Gasteiger charge is -2.34. The molecule has 0 fully saturated rings. The number of rotatable bonds is 20. The molecular formula is C51H42F2N2O10. The Balaban J connectivity index is 1.25. The van der Waals surface area contributed by atoms with Crippen LogP contribution in [0.25, 0.3) is 11.1 Å². The van der Waals surface area contributed by atoms with Gasteiger partial charge in [0.2, 0.25) is 0 Å². The second kappa shape index (κ2) is 21.0. The summed E-state index contributed by atoms with van der Waals surface area (Å²) in [6, 6.07) is 40.4. The van der Waals surface area contributed by atoms with Gasteiger partial charge in [-0.1, -0.05) is 110 Å². The molecule has 2 amide bonds. The Morgan fingerprint density at radius 3 is 1.28 bits per heavy atom. The maximum absolute atomic E-state index is 16.8. The maximum atomic E-state index is 16.8. The first-order chi connectivity index (χ1) is 31.6. The highest BCUT2D eigenvalue weighted by atomic mass is 19.1. The molecule has 6 aromatic rings. The van der Waals surface area contributed by atoms with Crippen LogP contribution in [0.3, 0.4) is 0 Å². The van der Waals surface area contributed by atoms with E-state index in [2.05, 4.69) is 13.2 Å². The molecule has 0 aromatic heterocycles. The highest BCUT2D eigenvalue weighted by molar-refractivity contribution is 5.95. The number of carbonyl (C=O) groups excluding carboxylic acids is 4. The van der Waals surface area contributed by atoms with E-state index in [0.717, 1.165) is 33.4 Å². The molecule has 0 saturated carbocycles. The summed E-state index contributed by atoms with van der Waals surface area (Å²) in [7, 11) is 0. The number of ether oxygens (including phenoxy) is 4. The van der Waals surface area contributed by atoms with E-state index in [0.29, 0.717) is 33.8 Å². The van der Waals surface area contributed by atoms with Gasteiger partial charge < -0.3 is 18.9 Å². The number of carbonyl (C=O) groups is 4. The molecule has 12 nitrogen and oxygen atoms in total. The van der Waals surface area contributed by atoms with Crippen molar-refractivity contribution in [3.63, 3.8) is 0 Å². The third-order valence-corrected chi connectivity index (χ3v) is 10.3. The zero-order valence-electron chi connectivity index (χ0n) is 34.9. The van der Waals surface area contributed by atoms with Gasteiger partial charge in [0, 0.05) is 12.2 Å². The molecule has 0 saturated heterocycles. The van der Waals surface area contributed by atoms with E-state index in [1.807, 2.05) is 48.5 Å². The van der Waals surface area contributed by atoms with Crippen molar-refractivity contribution in [3.8, 4) is 22.6 Å². The van der Waals surface area contributed by atoms with Crippen LogP contribution < -0.4 is 9.47 Å². The van der Waals surface area contributed by atoms with Crippen molar-refractivity contribution < 1.29 is 56.6 Å². The number of fused-ring (bicyclic) bond motifs is 3. The lowest BCUT2D eigenvalue weighted by molar-refractivity contribution is -0.168. The van der Waals surface area contributed by atoms with Gasteiger partial charge in [0.15, 0.2) is 13.5 Å². The van der Waals surface area contributed by atoms with E-state index in [4.69, 9.17) is 28.6 Å². The monoisotopic (exact) mass is 880 g/mol. The number of esters is 2. The van der Waals surface area contributed by atoms with Crippen LogP contribution in [0.2, 0.25) is 0 Å². The van der Waals surface area contributed by atoms with Gasteiger partial charge >= 0.3 is 11.9 Å². The minimum absolute atomic E-state index is 0.233. The van der Waals surface area contributed by atoms with Gasteiger partial charge in [-0.15, -0.1) is 0 Å². The summed E-state index contributed by atoms with van der Waals surface area (Å²) in [5, 5.41) is 1.64. The van der Waals surface area contributed by atoms with Gasteiger partial charge in [0.05, 0.1) is 16.5 Å². The number of nitrogens with zero attached hydrogens (tertiary/aromatic N) is 2. The summed E-state index contributed by atoms with van der Waals surface area (Å²) < 4.78 is 55.0. The van der Waals surface area contributed by atoms with Crippen molar-refractivity contribution in [1.82, 2.24) is 10.1 Å². The number of amides is 2. The Labute approximate surface area is 373 Å². The van der Waals surface area contributed by atoms with Crippen LogP contribution in [0, 0.1) is 11.6 Å². The maximum Gasteiger partial charge on any atom is 0.330 e. The van der Waals surface area contributed by atoms with Crippen LogP contribution in [-0.2, 0) is 34.2 Å². The van der Waals surface area contributed by atoms with Crippen molar-refractivity contribution >= 4 is 23.8 Å². The quantitative estimate of drug-likeness (QED) is 0.0241. The molecule has 0 radical (unpaired) electrons. The van der Waals surface area contributed by atoms with E-state index >= 15 is 8.78 Å². The fourth-order valence-electron chi connectivity index (χ4n) is 7.44. The first-order valence-corrected chi connectivity index (χ1v) is 20.3. The average Bonchev–Trinajstić information content (AvgIpc) is 3.64. The first kappa shape index (κ1) is 45.1. The molecule has 0 aliphatic heterocycles. The van der Waals surface area contributed by atoms with Crippen molar-refractivity contribution in [2.75, 3.05) is 39.9 Å². The van der Waals surface area contributed by atoms with Gasteiger partial charge in [-0.05, 0) is 81.9 Å². The molecule has 330 valence electrons. The highest BCUT2D eigenvalue weighted by Gasteiger charge is 2.47. The molecular weight excluding hydrogens is 839 g/mol. The molecule has 6 aromatic carbocycles. The van der Waals surface area contributed by atoms with Crippen LogP contribution in [0.15, 0.2) is 171 Å². The summed E-state index contributed by atoms with van der Waals surface area (Å²) >= 11 is 0. The Hall–Kier alpha value is -7.94. The molecule has 14 heteroatoms. The molecule has 1 aliphatic carbocycles. The molecule has 1 aliphatic rings. The Bertz CT molecular complexity index is 2510. The van der Waals surface area contributed by atoms with Crippen LogP contribution in [0.4, 0.5) is 8.78 Å². The Morgan fingerprint density at radius 1 is 0.508 bits per heavy atom. The fourth-order valence-corrected chi connectivity index (χ4v) is 7.44. The summed E-state index contributed by atoms with van der Waals surface area (Å²) in [5.41, 5.74) is 1.63. The predicted molar refractivity (Wildman–Crippen MR) is 234 cm³/mol. The van der Waals surface area contributed by atoms with Crippen LogP contribution in [0.1, 0.15) is 43.0 Å². The third kappa shape index (κ3) is 9.99. The average molecular weight is 881 g/mol. The van der Waals surface area contributed by atoms with Gasteiger partial charge in [-0.3, -0.25) is 19.3 Å². The Morgan fingerprint density at radius 2 is 0.892 bits per heavy atom. The van der Waals surface area contributed by atoms with Gasteiger partial charge in [-0.2, -0.15) is 10.1 Å². The van der Waals surface area contributed by atoms with Crippen LogP contribution in [0.5, 0.6) is 11.5 Å². The minimum Gasteiger partial charge on any atom is -0.471 e. The van der Waals surface area contributed by atoms with E-state index in [-0.39, 0.29) is 37.6 Å². The fraction of sp³-hybridized carbons (Fsp3) is 0.137. The molecule has 0 atom stereocenters. The van der Waals surface area contributed by atoms with Crippen LogP contribution in [-0.4, -0.2) is 73.8 Å². The normalized spacial score (nSPS) is 11.9. The highest BCUT2D eigenvalue weighted by Crippen LogP contribution is 2.56. The van der Waals surface area contributed by atoms with Crippen molar-refractivity contribution in [2.24, 2.45) is 0 Å². The molecule has 0 unspecified atom stereocenters. The smallest absolute Gasteiger partial charge is 0.330 e. The van der Waals surface area contributed by atoms with E-state index in [1.54, 1.807) is 72.8 Å². The summed E-state index contributed by atoms with van der Waals surface area (Å²) in [6.45, 7) is 4.82. The molecule has 0 spiro atoms. The summed E-state index contributed by atoms with van der Waals surface area (Å²) in [6.07, 6.45) is 1.97.